The van der Waals surface area contributed by atoms with E-state index in [-0.39, 0.29) is 29.8 Å². The van der Waals surface area contributed by atoms with Gasteiger partial charge in [0.1, 0.15) is 5.88 Å². The average Bonchev–Trinajstić information content (AvgIpc) is 2.64. The van der Waals surface area contributed by atoms with Crippen LogP contribution in [0.2, 0.25) is 0 Å². The maximum atomic E-state index is 11.5. The second kappa shape index (κ2) is 5.53. The quantitative estimate of drug-likeness (QED) is 0.700. The van der Waals surface area contributed by atoms with E-state index < -0.39 is 0 Å². The highest BCUT2D eigenvalue weighted by molar-refractivity contribution is 6.27. The Bertz CT molecular complexity index is 281. The van der Waals surface area contributed by atoms with Gasteiger partial charge in [0.05, 0.1) is 6.04 Å². The van der Waals surface area contributed by atoms with E-state index in [1.165, 1.54) is 0 Å². The number of carbonyl (C=O) groups excluding carboxylic acids is 2. The molecular weight excluding hydrogens is 228 g/mol. The lowest BCUT2D eigenvalue weighted by molar-refractivity contribution is -0.134. The van der Waals surface area contributed by atoms with E-state index in [1.807, 2.05) is 18.7 Å². The largest absolute Gasteiger partial charge is 0.340 e. The normalized spacial score (nSPS) is 20.3. The molecule has 0 spiro atoms. The second-order valence-corrected chi connectivity index (χ2v) is 4.70. The van der Waals surface area contributed by atoms with Crippen LogP contribution >= 0.6 is 11.6 Å². The third-order valence-corrected chi connectivity index (χ3v) is 3.17. The highest BCUT2D eigenvalue weighted by atomic mass is 35.5. The molecule has 1 aliphatic heterocycles. The molecule has 0 saturated carbocycles. The molecule has 1 aliphatic rings. The fraction of sp³-hybridized carbons (Fsp3) is 0.818. The maximum Gasteiger partial charge on any atom is 0.237 e. The van der Waals surface area contributed by atoms with Crippen molar-refractivity contribution in [3.8, 4) is 0 Å². The van der Waals surface area contributed by atoms with Crippen LogP contribution in [0.1, 0.15) is 27.2 Å². The minimum Gasteiger partial charge on any atom is -0.340 e. The van der Waals surface area contributed by atoms with Crippen molar-refractivity contribution in [2.45, 2.75) is 39.3 Å². The van der Waals surface area contributed by atoms with Crippen LogP contribution in [-0.2, 0) is 9.59 Å². The molecule has 4 nitrogen and oxygen atoms in total. The Kier molecular flexibility index (Phi) is 4.59. The van der Waals surface area contributed by atoms with Crippen LogP contribution in [-0.4, -0.2) is 52.7 Å². The first-order chi connectivity index (χ1) is 7.47. The van der Waals surface area contributed by atoms with Crippen molar-refractivity contribution in [2.75, 3.05) is 19.0 Å². The maximum absolute atomic E-state index is 11.5. The van der Waals surface area contributed by atoms with Gasteiger partial charge in [0.2, 0.25) is 11.8 Å². The van der Waals surface area contributed by atoms with Gasteiger partial charge < -0.3 is 9.80 Å². The first kappa shape index (κ1) is 13.3. The van der Waals surface area contributed by atoms with Crippen LogP contribution in [0.15, 0.2) is 0 Å². The fourth-order valence-corrected chi connectivity index (χ4v) is 2.49. The summed E-state index contributed by atoms with van der Waals surface area (Å²) in [6.07, 6.45) is 0.848. The molecule has 0 aromatic heterocycles. The highest BCUT2D eigenvalue weighted by Crippen LogP contribution is 2.18. The molecule has 92 valence electrons. The van der Waals surface area contributed by atoms with Crippen LogP contribution in [0.25, 0.3) is 0 Å². The number of hydrogen-bond donors (Lipinski definition) is 0. The van der Waals surface area contributed by atoms with Gasteiger partial charge in [-0.15, -0.1) is 11.6 Å². The van der Waals surface area contributed by atoms with Gasteiger partial charge in [0, 0.05) is 26.1 Å². The predicted molar refractivity (Wildman–Crippen MR) is 63.4 cm³/mol. The van der Waals surface area contributed by atoms with Crippen molar-refractivity contribution in [1.29, 1.82) is 0 Å². The van der Waals surface area contributed by atoms with Crippen molar-refractivity contribution in [2.24, 2.45) is 0 Å². The summed E-state index contributed by atoms with van der Waals surface area (Å²) in [5, 5.41) is 0. The zero-order valence-corrected chi connectivity index (χ0v) is 10.8. The SMILES string of the molecule is CC(=O)N(C(C)C)C1CCN(C(=O)CCl)C1. The Balaban J connectivity index is 2.63. The highest BCUT2D eigenvalue weighted by Gasteiger charge is 2.32. The molecule has 1 atom stereocenters. The Morgan fingerprint density at radius 3 is 2.56 bits per heavy atom. The minimum atomic E-state index is -0.0450. The summed E-state index contributed by atoms with van der Waals surface area (Å²) in [5.41, 5.74) is 0. The summed E-state index contributed by atoms with van der Waals surface area (Å²) < 4.78 is 0. The number of hydrogen-bond acceptors (Lipinski definition) is 2. The van der Waals surface area contributed by atoms with Gasteiger partial charge in [0.25, 0.3) is 0 Å². The number of carbonyl (C=O) groups is 2. The van der Waals surface area contributed by atoms with Crippen LogP contribution in [0.3, 0.4) is 0 Å². The first-order valence-electron chi connectivity index (χ1n) is 5.60. The zero-order chi connectivity index (χ0) is 12.3. The van der Waals surface area contributed by atoms with E-state index in [4.69, 9.17) is 11.6 Å². The smallest absolute Gasteiger partial charge is 0.237 e. The average molecular weight is 247 g/mol. The van der Waals surface area contributed by atoms with Gasteiger partial charge in [-0.3, -0.25) is 9.59 Å². The molecule has 1 heterocycles. The number of alkyl halides is 1. The molecule has 0 radical (unpaired) electrons. The zero-order valence-electron chi connectivity index (χ0n) is 10.1. The van der Waals surface area contributed by atoms with Gasteiger partial charge in [-0.05, 0) is 20.3 Å². The van der Waals surface area contributed by atoms with Crippen LogP contribution in [0.4, 0.5) is 0 Å². The van der Waals surface area contributed by atoms with E-state index in [1.54, 1.807) is 11.8 Å². The molecule has 1 rings (SSSR count). The van der Waals surface area contributed by atoms with E-state index >= 15 is 0 Å². The van der Waals surface area contributed by atoms with E-state index in [0.29, 0.717) is 13.1 Å². The van der Waals surface area contributed by atoms with Crippen LogP contribution < -0.4 is 0 Å². The molecule has 0 aliphatic carbocycles. The minimum absolute atomic E-state index is 0.0223. The summed E-state index contributed by atoms with van der Waals surface area (Å²) in [6, 6.07) is 0.318. The van der Waals surface area contributed by atoms with E-state index in [2.05, 4.69) is 0 Å². The summed E-state index contributed by atoms with van der Waals surface area (Å²) >= 11 is 5.51. The van der Waals surface area contributed by atoms with Crippen molar-refractivity contribution in [1.82, 2.24) is 9.80 Å². The number of rotatable bonds is 3. The van der Waals surface area contributed by atoms with Crippen LogP contribution in [0, 0.1) is 0 Å². The molecule has 0 aromatic carbocycles. The Labute approximate surface area is 102 Å². The number of amides is 2. The van der Waals surface area contributed by atoms with Gasteiger partial charge in [-0.25, -0.2) is 0 Å². The van der Waals surface area contributed by atoms with Gasteiger partial charge in [-0.2, -0.15) is 0 Å². The summed E-state index contributed by atoms with van der Waals surface area (Å²) in [6.45, 7) is 6.88. The molecule has 1 fully saturated rings. The van der Waals surface area contributed by atoms with Crippen LogP contribution in [0.5, 0.6) is 0 Å². The summed E-state index contributed by atoms with van der Waals surface area (Å²) in [4.78, 5) is 26.5. The third kappa shape index (κ3) is 2.88. The molecule has 0 N–H and O–H groups in total. The molecule has 1 saturated heterocycles. The molecule has 0 aromatic rings. The molecule has 16 heavy (non-hydrogen) atoms. The van der Waals surface area contributed by atoms with Crippen molar-refractivity contribution < 1.29 is 9.59 Å². The van der Waals surface area contributed by atoms with Gasteiger partial charge >= 0.3 is 0 Å². The molecule has 1 unspecified atom stereocenters. The number of halogens is 1. The summed E-state index contributed by atoms with van der Waals surface area (Å²) in [5.74, 6) is 0.0469. The molecule has 5 heteroatoms. The topological polar surface area (TPSA) is 40.6 Å². The Morgan fingerprint density at radius 1 is 1.50 bits per heavy atom. The van der Waals surface area contributed by atoms with Crippen molar-refractivity contribution in [3.05, 3.63) is 0 Å². The third-order valence-electron chi connectivity index (χ3n) is 2.94. The van der Waals surface area contributed by atoms with E-state index in [0.717, 1.165) is 6.42 Å². The lowest BCUT2D eigenvalue weighted by Gasteiger charge is -2.31. The predicted octanol–water partition coefficient (Wildman–Crippen LogP) is 1.08. The molecular formula is C11H19ClN2O2. The van der Waals surface area contributed by atoms with Crippen molar-refractivity contribution in [3.63, 3.8) is 0 Å². The second-order valence-electron chi connectivity index (χ2n) is 4.44. The summed E-state index contributed by atoms with van der Waals surface area (Å²) in [7, 11) is 0. The lowest BCUT2D eigenvalue weighted by Crippen LogP contribution is -2.45. The van der Waals surface area contributed by atoms with E-state index in [9.17, 15) is 9.59 Å². The number of likely N-dealkylation sites (tertiary alicyclic amines) is 1. The molecule has 2 amide bonds. The van der Waals surface area contributed by atoms with Gasteiger partial charge in [0.15, 0.2) is 0 Å². The monoisotopic (exact) mass is 246 g/mol. The fourth-order valence-electron chi connectivity index (χ4n) is 2.32. The Morgan fingerprint density at radius 2 is 2.12 bits per heavy atom. The first-order valence-corrected chi connectivity index (χ1v) is 6.13. The van der Waals surface area contributed by atoms with Gasteiger partial charge in [-0.1, -0.05) is 0 Å². The van der Waals surface area contributed by atoms with Crippen molar-refractivity contribution >= 4 is 23.4 Å². The standard InChI is InChI=1S/C11H19ClN2O2/c1-8(2)14(9(3)15)10-4-5-13(7-10)11(16)6-12/h8,10H,4-7H2,1-3H3. The number of nitrogens with zero attached hydrogens (tertiary/aromatic N) is 2. The lowest BCUT2D eigenvalue weighted by atomic mass is 10.1. The molecule has 0 bridgehead atoms. The Hall–Kier alpha value is -0.770.